The predicted octanol–water partition coefficient (Wildman–Crippen LogP) is 3.76. The van der Waals surface area contributed by atoms with E-state index in [1.165, 1.54) is 5.56 Å². The van der Waals surface area contributed by atoms with Gasteiger partial charge >= 0.3 is 0 Å². The molecule has 0 radical (unpaired) electrons. The monoisotopic (exact) mass is 398 g/mol. The van der Waals surface area contributed by atoms with Crippen molar-refractivity contribution in [1.29, 1.82) is 0 Å². The van der Waals surface area contributed by atoms with Gasteiger partial charge < -0.3 is 9.47 Å². The van der Waals surface area contributed by atoms with Crippen molar-refractivity contribution in [2.75, 3.05) is 6.61 Å². The minimum Gasteiger partial charge on any atom is -0.484 e. The molecule has 29 heavy (non-hydrogen) atoms. The Hall–Kier alpha value is -3.02. The minimum absolute atomic E-state index is 0.197. The first-order valence-electron chi connectivity index (χ1n) is 10.0. The van der Waals surface area contributed by atoms with Crippen LogP contribution in [0.25, 0.3) is 0 Å². The first kappa shape index (κ1) is 22.3. The lowest BCUT2D eigenvalue weighted by atomic mass is 9.98. The number of aryl methyl sites for hydroxylation is 1. The van der Waals surface area contributed by atoms with E-state index < -0.39 is 17.9 Å². The van der Waals surface area contributed by atoms with Crippen molar-refractivity contribution in [3.63, 3.8) is 0 Å². The van der Waals surface area contributed by atoms with Gasteiger partial charge in [-0.1, -0.05) is 51.1 Å². The van der Waals surface area contributed by atoms with E-state index in [9.17, 15) is 9.59 Å². The lowest BCUT2D eigenvalue weighted by Crippen LogP contribution is -2.48. The van der Waals surface area contributed by atoms with Gasteiger partial charge in [0.15, 0.2) is 12.7 Å². The van der Waals surface area contributed by atoms with E-state index in [0.717, 1.165) is 18.4 Å². The molecule has 0 saturated carbocycles. The maximum atomic E-state index is 12.3. The molecule has 0 aliphatic carbocycles. The number of para-hydroxylation sites is 1. The summed E-state index contributed by atoms with van der Waals surface area (Å²) in [7, 11) is 0. The highest BCUT2D eigenvalue weighted by Gasteiger charge is 2.18. The Morgan fingerprint density at radius 1 is 0.966 bits per heavy atom. The quantitative estimate of drug-likeness (QED) is 0.631. The number of carbonyl (C=O) groups is 2. The van der Waals surface area contributed by atoms with Crippen LogP contribution in [0, 0.1) is 0 Å². The fourth-order valence-electron chi connectivity index (χ4n) is 2.70. The third-order valence-corrected chi connectivity index (χ3v) is 4.76. The fraction of sp³-hybridized carbons (Fsp3) is 0.391. The van der Waals surface area contributed by atoms with Gasteiger partial charge in [0.25, 0.3) is 11.8 Å². The molecule has 0 bridgehead atoms. The highest BCUT2D eigenvalue weighted by molar-refractivity contribution is 5.85. The molecular formula is C23H30N2O4. The second-order valence-corrected chi connectivity index (χ2v) is 6.93. The molecule has 0 spiro atoms. The normalized spacial score (nSPS) is 12.6. The van der Waals surface area contributed by atoms with Crippen LogP contribution in [0.3, 0.4) is 0 Å². The van der Waals surface area contributed by atoms with Gasteiger partial charge in [0, 0.05) is 0 Å². The Morgan fingerprint density at radius 3 is 2.31 bits per heavy atom. The molecule has 0 aliphatic heterocycles. The smallest absolute Gasteiger partial charge is 0.279 e. The van der Waals surface area contributed by atoms with E-state index in [0.29, 0.717) is 17.4 Å². The number of hydrazine groups is 1. The molecule has 0 fully saturated rings. The number of ether oxygens (including phenoxy) is 2. The molecule has 0 heterocycles. The summed E-state index contributed by atoms with van der Waals surface area (Å²) in [5, 5.41) is 0. The SMILES string of the molecule is CCc1ccc(OCC(=O)NNC(=O)C(C)Oc2ccccc2C(C)CC)cc1. The molecule has 6 heteroatoms. The lowest BCUT2D eigenvalue weighted by Gasteiger charge is -2.19. The maximum Gasteiger partial charge on any atom is 0.279 e. The summed E-state index contributed by atoms with van der Waals surface area (Å²) in [5.74, 6) is 0.705. The van der Waals surface area contributed by atoms with Crippen molar-refractivity contribution >= 4 is 11.8 Å². The molecule has 6 nitrogen and oxygen atoms in total. The Morgan fingerprint density at radius 2 is 1.66 bits per heavy atom. The largest absolute Gasteiger partial charge is 0.484 e. The average molecular weight is 399 g/mol. The van der Waals surface area contributed by atoms with Gasteiger partial charge in [0.2, 0.25) is 0 Å². The molecule has 2 amide bonds. The van der Waals surface area contributed by atoms with Crippen LogP contribution >= 0.6 is 0 Å². The fourth-order valence-corrected chi connectivity index (χ4v) is 2.70. The van der Waals surface area contributed by atoms with Crippen molar-refractivity contribution in [2.45, 2.75) is 52.6 Å². The average Bonchev–Trinajstić information content (AvgIpc) is 2.76. The zero-order valence-electron chi connectivity index (χ0n) is 17.5. The number of hydrogen-bond acceptors (Lipinski definition) is 4. The Labute approximate surface area is 172 Å². The van der Waals surface area contributed by atoms with E-state index in [1.54, 1.807) is 6.92 Å². The Bertz CT molecular complexity index is 805. The van der Waals surface area contributed by atoms with E-state index >= 15 is 0 Å². The second kappa shape index (κ2) is 11.1. The molecule has 2 unspecified atom stereocenters. The number of amides is 2. The maximum absolute atomic E-state index is 12.3. The lowest BCUT2D eigenvalue weighted by molar-refractivity contribution is -0.133. The van der Waals surface area contributed by atoms with E-state index in [-0.39, 0.29) is 6.61 Å². The predicted molar refractivity (Wildman–Crippen MR) is 113 cm³/mol. The Kier molecular flexibility index (Phi) is 8.52. The summed E-state index contributed by atoms with van der Waals surface area (Å²) in [6.45, 7) is 7.73. The van der Waals surface area contributed by atoms with Gasteiger partial charge in [-0.2, -0.15) is 0 Å². The van der Waals surface area contributed by atoms with Gasteiger partial charge in [0.05, 0.1) is 0 Å². The molecule has 156 valence electrons. The van der Waals surface area contributed by atoms with E-state index in [1.807, 2.05) is 48.5 Å². The van der Waals surface area contributed by atoms with Crippen LogP contribution < -0.4 is 20.3 Å². The summed E-state index contributed by atoms with van der Waals surface area (Å²) >= 11 is 0. The van der Waals surface area contributed by atoms with Crippen molar-refractivity contribution < 1.29 is 19.1 Å². The Balaban J connectivity index is 1.80. The second-order valence-electron chi connectivity index (χ2n) is 6.93. The van der Waals surface area contributed by atoms with E-state index in [2.05, 4.69) is 31.6 Å². The van der Waals surface area contributed by atoms with Crippen LogP contribution in [-0.2, 0) is 16.0 Å². The summed E-state index contributed by atoms with van der Waals surface area (Å²) in [5.41, 5.74) is 6.97. The number of carbonyl (C=O) groups excluding carboxylic acids is 2. The van der Waals surface area contributed by atoms with Crippen LogP contribution in [0.5, 0.6) is 11.5 Å². The minimum atomic E-state index is -0.761. The molecule has 2 N–H and O–H groups in total. The van der Waals surface area contributed by atoms with Crippen molar-refractivity contribution in [3.8, 4) is 11.5 Å². The molecule has 2 aromatic carbocycles. The number of rotatable bonds is 9. The standard InChI is InChI=1S/C23H30N2O4/c1-5-16(3)20-9-7-8-10-21(20)29-17(4)23(27)25-24-22(26)15-28-19-13-11-18(6-2)12-14-19/h7-14,16-17H,5-6,15H2,1-4H3,(H,24,26)(H,25,27). The van der Waals surface area contributed by atoms with Crippen molar-refractivity contribution in [1.82, 2.24) is 10.9 Å². The highest BCUT2D eigenvalue weighted by Crippen LogP contribution is 2.29. The molecule has 0 saturated heterocycles. The summed E-state index contributed by atoms with van der Waals surface area (Å²) in [6.07, 6.45) is 1.15. The molecule has 2 aromatic rings. The van der Waals surface area contributed by atoms with Gasteiger partial charge in [-0.15, -0.1) is 0 Å². The molecule has 0 aliphatic rings. The third-order valence-electron chi connectivity index (χ3n) is 4.76. The third kappa shape index (κ3) is 6.82. The first-order valence-corrected chi connectivity index (χ1v) is 10.0. The highest BCUT2D eigenvalue weighted by atomic mass is 16.5. The summed E-state index contributed by atoms with van der Waals surface area (Å²) in [6, 6.07) is 15.2. The first-order chi connectivity index (χ1) is 13.9. The van der Waals surface area contributed by atoms with Crippen LogP contribution in [0.2, 0.25) is 0 Å². The number of benzene rings is 2. The van der Waals surface area contributed by atoms with Crippen LogP contribution in [0.15, 0.2) is 48.5 Å². The van der Waals surface area contributed by atoms with Gasteiger partial charge in [-0.05, 0) is 55.0 Å². The van der Waals surface area contributed by atoms with Crippen molar-refractivity contribution in [2.24, 2.45) is 0 Å². The van der Waals surface area contributed by atoms with Crippen LogP contribution in [-0.4, -0.2) is 24.5 Å². The molecule has 2 atom stereocenters. The van der Waals surface area contributed by atoms with Crippen LogP contribution in [0.4, 0.5) is 0 Å². The van der Waals surface area contributed by atoms with Crippen LogP contribution in [0.1, 0.15) is 51.2 Å². The van der Waals surface area contributed by atoms with E-state index in [4.69, 9.17) is 9.47 Å². The van der Waals surface area contributed by atoms with Crippen molar-refractivity contribution in [3.05, 3.63) is 59.7 Å². The summed E-state index contributed by atoms with van der Waals surface area (Å²) in [4.78, 5) is 24.2. The van der Waals surface area contributed by atoms with Gasteiger partial charge in [0.1, 0.15) is 11.5 Å². The topological polar surface area (TPSA) is 76.7 Å². The molecule has 2 rings (SSSR count). The number of hydrogen-bond donors (Lipinski definition) is 2. The zero-order valence-corrected chi connectivity index (χ0v) is 17.5. The van der Waals surface area contributed by atoms with Gasteiger partial charge in [-0.25, -0.2) is 0 Å². The number of nitrogens with one attached hydrogen (secondary N) is 2. The van der Waals surface area contributed by atoms with Gasteiger partial charge in [-0.3, -0.25) is 20.4 Å². The molecule has 0 aromatic heterocycles. The zero-order chi connectivity index (χ0) is 21.2. The molecular weight excluding hydrogens is 368 g/mol. The summed E-state index contributed by atoms with van der Waals surface area (Å²) < 4.78 is 11.2.